The predicted octanol–water partition coefficient (Wildman–Crippen LogP) is -0.869. The van der Waals surface area contributed by atoms with Crippen LogP contribution in [0.4, 0.5) is 0 Å². The highest BCUT2D eigenvalue weighted by atomic mass is 32.2. The van der Waals surface area contributed by atoms with Crippen molar-refractivity contribution in [3.63, 3.8) is 0 Å². The van der Waals surface area contributed by atoms with E-state index in [1.54, 1.807) is 0 Å². The highest BCUT2D eigenvalue weighted by molar-refractivity contribution is 7.85. The number of fused-ring (bicyclic) bond motifs is 1. The van der Waals surface area contributed by atoms with Crippen molar-refractivity contribution in [1.82, 2.24) is 0 Å². The Kier molecular flexibility index (Phi) is 3.33. The van der Waals surface area contributed by atoms with Gasteiger partial charge in [-0.2, -0.15) is 8.42 Å². The van der Waals surface area contributed by atoms with Gasteiger partial charge in [-0.25, -0.2) is 4.99 Å². The fourth-order valence-corrected chi connectivity index (χ4v) is 0.995. The summed E-state index contributed by atoms with van der Waals surface area (Å²) in [7, 11) is -3.67. The van der Waals surface area contributed by atoms with E-state index >= 15 is 0 Å². The molecule has 1 heterocycles. The zero-order chi connectivity index (χ0) is 11.5. The van der Waals surface area contributed by atoms with Crippen molar-refractivity contribution in [2.45, 2.75) is 0 Å². The van der Waals surface area contributed by atoms with Gasteiger partial charge in [0.25, 0.3) is 16.0 Å². The standard InChI is InChI=1S/C8H5NO.CH4O3S/c10-8-5-6-3-1-2-4-7(6)9-8;1-5(2,3)4/h1-5H;1H3,(H,2,3,4). The van der Waals surface area contributed by atoms with Crippen molar-refractivity contribution < 1.29 is 17.8 Å². The normalized spacial score (nSPS) is 13.1. The molecular formula is C9H9NO4S. The highest BCUT2D eigenvalue weighted by Gasteiger charge is 1.99. The first-order chi connectivity index (χ1) is 6.86. The maximum Gasteiger partial charge on any atom is 0.270 e. The third kappa shape index (κ3) is 4.48. The SMILES string of the molecule is CS(=O)(=O)O.O=C1C=c2ccccc2=N1. The summed E-state index contributed by atoms with van der Waals surface area (Å²) >= 11 is 0. The first kappa shape index (κ1) is 11.5. The lowest BCUT2D eigenvalue weighted by molar-refractivity contribution is -0.112. The van der Waals surface area contributed by atoms with Gasteiger partial charge < -0.3 is 0 Å². The Labute approximate surface area is 86.5 Å². The third-order valence-corrected chi connectivity index (χ3v) is 1.45. The molecule has 1 amide bonds. The average Bonchev–Trinajstić information content (AvgIpc) is 2.40. The first-order valence-electron chi connectivity index (χ1n) is 3.98. The van der Waals surface area contributed by atoms with Gasteiger partial charge in [-0.05, 0) is 6.07 Å². The Morgan fingerprint density at radius 2 is 1.80 bits per heavy atom. The number of para-hydroxylation sites is 1. The highest BCUT2D eigenvalue weighted by Crippen LogP contribution is 1.81. The smallest absolute Gasteiger partial charge is 0.270 e. The van der Waals surface area contributed by atoms with Gasteiger partial charge in [-0.15, -0.1) is 0 Å². The van der Waals surface area contributed by atoms with Crippen molar-refractivity contribution in [2.24, 2.45) is 4.99 Å². The van der Waals surface area contributed by atoms with Crippen LogP contribution in [0.25, 0.3) is 6.08 Å². The van der Waals surface area contributed by atoms with Crippen LogP contribution in [0.1, 0.15) is 0 Å². The molecule has 0 bridgehead atoms. The minimum atomic E-state index is -3.67. The molecule has 1 aromatic carbocycles. The largest absolute Gasteiger partial charge is 0.286 e. The summed E-state index contributed by atoms with van der Waals surface area (Å²) < 4.78 is 25.9. The number of hydrogen-bond donors (Lipinski definition) is 1. The molecule has 0 fully saturated rings. The Hall–Kier alpha value is -1.53. The quantitative estimate of drug-likeness (QED) is 0.584. The molecular weight excluding hydrogens is 218 g/mol. The van der Waals surface area contributed by atoms with Crippen LogP contribution in [-0.4, -0.2) is 25.1 Å². The fourth-order valence-electron chi connectivity index (χ4n) is 0.995. The third-order valence-electron chi connectivity index (χ3n) is 1.45. The summed E-state index contributed by atoms with van der Waals surface area (Å²) in [6.07, 6.45) is 2.25. The molecule has 0 aliphatic carbocycles. The molecule has 15 heavy (non-hydrogen) atoms. The number of carbonyl (C=O) groups excluding carboxylic acids is 1. The van der Waals surface area contributed by atoms with E-state index in [-0.39, 0.29) is 5.91 Å². The van der Waals surface area contributed by atoms with E-state index in [0.717, 1.165) is 10.6 Å². The Bertz CT molecular complexity index is 544. The van der Waals surface area contributed by atoms with E-state index in [4.69, 9.17) is 4.55 Å². The molecule has 0 aromatic heterocycles. The van der Waals surface area contributed by atoms with Crippen molar-refractivity contribution in [1.29, 1.82) is 0 Å². The second kappa shape index (κ2) is 4.33. The lowest BCUT2D eigenvalue weighted by Gasteiger charge is -1.77. The molecule has 5 nitrogen and oxygen atoms in total. The van der Waals surface area contributed by atoms with Gasteiger partial charge in [-0.1, -0.05) is 18.2 Å². The Balaban J connectivity index is 0.000000195. The molecule has 2 rings (SSSR count). The second-order valence-electron chi connectivity index (χ2n) is 2.89. The van der Waals surface area contributed by atoms with Gasteiger partial charge >= 0.3 is 0 Å². The van der Waals surface area contributed by atoms with E-state index in [0.29, 0.717) is 6.26 Å². The monoisotopic (exact) mass is 227 g/mol. The van der Waals surface area contributed by atoms with Crippen LogP contribution in [0.5, 0.6) is 0 Å². The minimum Gasteiger partial charge on any atom is -0.286 e. The molecule has 6 heteroatoms. The zero-order valence-corrected chi connectivity index (χ0v) is 8.73. The summed E-state index contributed by atoms with van der Waals surface area (Å²) in [5.74, 6) is -0.152. The van der Waals surface area contributed by atoms with Crippen LogP contribution in [0.15, 0.2) is 29.3 Å². The average molecular weight is 227 g/mol. The lowest BCUT2D eigenvalue weighted by atomic mass is 10.3. The van der Waals surface area contributed by atoms with Crippen LogP contribution in [-0.2, 0) is 14.9 Å². The van der Waals surface area contributed by atoms with Crippen LogP contribution in [0.3, 0.4) is 0 Å². The minimum absolute atomic E-state index is 0.152. The van der Waals surface area contributed by atoms with Crippen LogP contribution in [0, 0.1) is 0 Å². The Morgan fingerprint density at radius 1 is 1.27 bits per heavy atom. The topological polar surface area (TPSA) is 83.8 Å². The molecule has 0 saturated carbocycles. The fraction of sp³-hybridized carbons (Fsp3) is 0.111. The number of benzene rings is 1. The lowest BCUT2D eigenvalue weighted by Crippen LogP contribution is -2.19. The number of amides is 1. The molecule has 0 unspecified atom stereocenters. The van der Waals surface area contributed by atoms with E-state index in [1.807, 2.05) is 24.3 Å². The molecule has 0 spiro atoms. The predicted molar refractivity (Wildman–Crippen MR) is 54.2 cm³/mol. The van der Waals surface area contributed by atoms with Crippen molar-refractivity contribution >= 4 is 22.1 Å². The molecule has 0 atom stereocenters. The van der Waals surface area contributed by atoms with Crippen LogP contribution < -0.4 is 10.6 Å². The van der Waals surface area contributed by atoms with Crippen LogP contribution in [0.2, 0.25) is 0 Å². The summed E-state index contributed by atoms with van der Waals surface area (Å²) in [5, 5.41) is 1.71. The number of rotatable bonds is 0. The van der Waals surface area contributed by atoms with E-state index in [1.165, 1.54) is 6.08 Å². The number of carbonyl (C=O) groups is 1. The van der Waals surface area contributed by atoms with Gasteiger partial charge in [0.1, 0.15) is 0 Å². The van der Waals surface area contributed by atoms with E-state index < -0.39 is 10.1 Å². The maximum atomic E-state index is 10.7. The maximum absolute atomic E-state index is 10.7. The summed E-state index contributed by atoms with van der Waals surface area (Å²) in [6.45, 7) is 0. The summed E-state index contributed by atoms with van der Waals surface area (Å²) in [6, 6.07) is 7.47. The summed E-state index contributed by atoms with van der Waals surface area (Å²) in [4.78, 5) is 14.4. The molecule has 0 radical (unpaired) electrons. The summed E-state index contributed by atoms with van der Waals surface area (Å²) in [5.41, 5.74) is 0. The van der Waals surface area contributed by atoms with Gasteiger partial charge in [0.05, 0.1) is 11.6 Å². The number of nitrogens with zero attached hydrogens (tertiary/aromatic N) is 1. The molecule has 0 saturated heterocycles. The second-order valence-corrected chi connectivity index (χ2v) is 4.35. The van der Waals surface area contributed by atoms with Crippen molar-refractivity contribution in [3.05, 3.63) is 34.8 Å². The van der Waals surface area contributed by atoms with Crippen LogP contribution >= 0.6 is 0 Å². The Morgan fingerprint density at radius 3 is 2.33 bits per heavy atom. The van der Waals surface area contributed by atoms with Gasteiger partial charge in [0.2, 0.25) is 0 Å². The van der Waals surface area contributed by atoms with Crippen molar-refractivity contribution in [3.8, 4) is 0 Å². The molecule has 1 N–H and O–H groups in total. The molecule has 1 aliphatic rings. The van der Waals surface area contributed by atoms with Gasteiger partial charge in [0, 0.05) is 11.3 Å². The van der Waals surface area contributed by atoms with E-state index in [9.17, 15) is 13.2 Å². The molecule has 1 aromatic rings. The number of hydrogen-bond acceptors (Lipinski definition) is 3. The molecule has 1 aliphatic heterocycles. The van der Waals surface area contributed by atoms with Gasteiger partial charge in [0.15, 0.2) is 0 Å². The zero-order valence-electron chi connectivity index (χ0n) is 7.91. The molecule has 80 valence electrons. The first-order valence-corrected chi connectivity index (χ1v) is 5.83. The van der Waals surface area contributed by atoms with E-state index in [2.05, 4.69) is 4.99 Å². The van der Waals surface area contributed by atoms with Gasteiger partial charge in [-0.3, -0.25) is 9.35 Å². The van der Waals surface area contributed by atoms with Crippen molar-refractivity contribution in [2.75, 3.05) is 6.26 Å².